The van der Waals surface area contributed by atoms with Crippen LogP contribution in [0.4, 0.5) is 13.2 Å². The fraction of sp³-hybridized carbons (Fsp3) is 0.103. The van der Waals surface area contributed by atoms with E-state index in [2.05, 4.69) is 16.0 Å². The molecule has 0 aliphatic rings. The maximum atomic E-state index is 13.2. The van der Waals surface area contributed by atoms with Gasteiger partial charge in [-0.2, -0.15) is 13.2 Å². The lowest BCUT2D eigenvalue weighted by atomic mass is 9.84. The number of nitrogens with zero attached hydrogens (tertiary/aromatic N) is 2. The molecule has 6 heteroatoms. The van der Waals surface area contributed by atoms with Crippen molar-refractivity contribution in [1.29, 1.82) is 0 Å². The Morgan fingerprint density at radius 3 is 2.17 bits per heavy atom. The molecule has 0 spiro atoms. The average Bonchev–Trinajstić information content (AvgIpc) is 2.86. The van der Waals surface area contributed by atoms with E-state index >= 15 is 0 Å². The third-order valence-corrected chi connectivity index (χ3v) is 6.48. The summed E-state index contributed by atoms with van der Waals surface area (Å²) in [6, 6.07) is 24.8. The second-order valence-corrected chi connectivity index (χ2v) is 8.74. The molecule has 0 radical (unpaired) electrons. The number of pyridine rings is 2. The molecule has 1 atom stereocenters. The average molecular weight is 489 g/mol. The molecule has 2 nitrogen and oxygen atoms in total. The van der Waals surface area contributed by atoms with E-state index in [9.17, 15) is 13.2 Å². The Labute approximate surface area is 206 Å². The van der Waals surface area contributed by atoms with E-state index in [0.717, 1.165) is 56.4 Å². The lowest BCUT2D eigenvalue weighted by molar-refractivity contribution is -0.137. The van der Waals surface area contributed by atoms with Gasteiger partial charge in [0.25, 0.3) is 0 Å². The molecule has 2 aromatic heterocycles. The summed E-state index contributed by atoms with van der Waals surface area (Å²) in [5.74, 6) is -0.300. The zero-order chi connectivity index (χ0) is 24.6. The highest BCUT2D eigenvalue weighted by Crippen LogP contribution is 2.39. The molecule has 2 heterocycles. The first kappa shape index (κ1) is 23.1. The monoisotopic (exact) mass is 488 g/mol. The van der Waals surface area contributed by atoms with Gasteiger partial charge < -0.3 is 0 Å². The van der Waals surface area contributed by atoms with Crippen molar-refractivity contribution in [2.75, 3.05) is 0 Å². The van der Waals surface area contributed by atoms with E-state index in [1.807, 2.05) is 61.5 Å². The molecule has 174 valence electrons. The van der Waals surface area contributed by atoms with Crippen LogP contribution in [-0.4, -0.2) is 9.97 Å². The minimum Gasteiger partial charge on any atom is -0.264 e. The molecule has 0 saturated heterocycles. The summed E-state index contributed by atoms with van der Waals surface area (Å²) < 4.78 is 39.5. The summed E-state index contributed by atoms with van der Waals surface area (Å²) in [7, 11) is 0. The molecule has 5 rings (SSSR count). The maximum Gasteiger partial charge on any atom is 0.416 e. The van der Waals surface area contributed by atoms with Crippen LogP contribution in [0.5, 0.6) is 0 Å². The van der Waals surface area contributed by atoms with Gasteiger partial charge in [0.2, 0.25) is 0 Å². The molecular weight excluding hydrogens is 469 g/mol. The molecule has 35 heavy (non-hydrogen) atoms. The Balaban J connectivity index is 1.69. The van der Waals surface area contributed by atoms with Crippen molar-refractivity contribution in [3.05, 3.63) is 130 Å². The van der Waals surface area contributed by atoms with Crippen molar-refractivity contribution >= 4 is 22.5 Å². The largest absolute Gasteiger partial charge is 0.416 e. The molecule has 0 aliphatic carbocycles. The Bertz CT molecular complexity index is 1480. The van der Waals surface area contributed by atoms with Crippen LogP contribution in [-0.2, 0) is 6.18 Å². The van der Waals surface area contributed by atoms with Gasteiger partial charge >= 0.3 is 6.18 Å². The van der Waals surface area contributed by atoms with Crippen LogP contribution in [0.1, 0.15) is 33.7 Å². The summed E-state index contributed by atoms with van der Waals surface area (Å²) in [6.45, 7) is 2.01. The first-order valence-corrected chi connectivity index (χ1v) is 11.4. The number of aryl methyl sites for hydroxylation is 1. The third kappa shape index (κ3) is 4.52. The van der Waals surface area contributed by atoms with Gasteiger partial charge in [0.15, 0.2) is 0 Å². The number of benzene rings is 3. The molecule has 3 aromatic carbocycles. The molecule has 1 unspecified atom stereocenters. The zero-order valence-electron chi connectivity index (χ0n) is 18.7. The lowest BCUT2D eigenvalue weighted by Crippen LogP contribution is -2.07. The number of fused-ring (bicyclic) bond motifs is 1. The Morgan fingerprint density at radius 2 is 1.51 bits per heavy atom. The molecule has 0 amide bonds. The Morgan fingerprint density at radius 1 is 0.800 bits per heavy atom. The van der Waals surface area contributed by atoms with Crippen molar-refractivity contribution in [1.82, 2.24) is 9.97 Å². The number of aromatic nitrogens is 2. The first-order chi connectivity index (χ1) is 16.8. The zero-order valence-corrected chi connectivity index (χ0v) is 19.5. The third-order valence-electron chi connectivity index (χ3n) is 6.21. The highest BCUT2D eigenvalue weighted by Gasteiger charge is 2.30. The fourth-order valence-electron chi connectivity index (χ4n) is 4.51. The van der Waals surface area contributed by atoms with Crippen LogP contribution in [0.25, 0.3) is 22.0 Å². The number of rotatable bonds is 4. The van der Waals surface area contributed by atoms with Crippen molar-refractivity contribution in [2.24, 2.45) is 0 Å². The van der Waals surface area contributed by atoms with Gasteiger partial charge in [-0.3, -0.25) is 4.98 Å². The SMILES string of the molecule is Cc1c(-c2ccccc2)c(Cl)nc2ccc(C(c3ccc(C(F)(F)F)cc3)c3cccnc3)cc12. The first-order valence-electron chi connectivity index (χ1n) is 11.0. The highest BCUT2D eigenvalue weighted by molar-refractivity contribution is 6.33. The summed E-state index contributed by atoms with van der Waals surface area (Å²) in [4.78, 5) is 8.87. The van der Waals surface area contributed by atoms with Gasteiger partial charge in [0, 0.05) is 29.3 Å². The molecule has 5 aromatic rings. The van der Waals surface area contributed by atoms with E-state index < -0.39 is 11.7 Å². The lowest BCUT2D eigenvalue weighted by Gasteiger charge is -2.20. The molecule has 0 aliphatic heterocycles. The van der Waals surface area contributed by atoms with Crippen LogP contribution in [0.2, 0.25) is 5.15 Å². The van der Waals surface area contributed by atoms with Crippen molar-refractivity contribution in [3.8, 4) is 11.1 Å². The number of hydrogen-bond donors (Lipinski definition) is 0. The minimum absolute atomic E-state index is 0.300. The van der Waals surface area contributed by atoms with Crippen molar-refractivity contribution in [2.45, 2.75) is 19.0 Å². The molecule has 0 N–H and O–H groups in total. The van der Waals surface area contributed by atoms with Gasteiger partial charge in [-0.15, -0.1) is 0 Å². The van der Waals surface area contributed by atoms with E-state index in [0.29, 0.717) is 5.15 Å². The van der Waals surface area contributed by atoms with Crippen LogP contribution < -0.4 is 0 Å². The van der Waals surface area contributed by atoms with Gasteiger partial charge in [-0.25, -0.2) is 4.98 Å². The Hall–Kier alpha value is -3.70. The Kier molecular flexibility index (Phi) is 6.03. The van der Waals surface area contributed by atoms with Gasteiger partial charge in [-0.05, 0) is 65.1 Å². The number of halogens is 4. The second kappa shape index (κ2) is 9.16. The van der Waals surface area contributed by atoms with E-state index in [4.69, 9.17) is 11.6 Å². The molecule has 0 fully saturated rings. The fourth-order valence-corrected chi connectivity index (χ4v) is 4.85. The minimum atomic E-state index is -4.39. The maximum absolute atomic E-state index is 13.2. The topological polar surface area (TPSA) is 25.8 Å². The van der Waals surface area contributed by atoms with E-state index in [1.54, 1.807) is 12.4 Å². The predicted molar refractivity (Wildman–Crippen MR) is 134 cm³/mol. The summed E-state index contributed by atoms with van der Waals surface area (Å²) >= 11 is 6.58. The quantitative estimate of drug-likeness (QED) is 0.237. The molecule has 0 saturated carbocycles. The second-order valence-electron chi connectivity index (χ2n) is 8.38. The predicted octanol–water partition coefficient (Wildman–Crippen LogP) is 8.46. The van der Waals surface area contributed by atoms with Crippen LogP contribution in [0.3, 0.4) is 0 Å². The summed E-state index contributed by atoms with van der Waals surface area (Å²) in [5.41, 5.74) is 5.47. The van der Waals surface area contributed by atoms with Crippen molar-refractivity contribution in [3.63, 3.8) is 0 Å². The number of hydrogen-bond acceptors (Lipinski definition) is 2. The standard InChI is InChI=1S/C29H20ClF3N2/c1-18-24-16-21(11-14-25(24)35-28(30)26(18)19-6-3-2-4-7-19)27(22-8-5-15-34-17-22)20-9-12-23(13-10-20)29(31,32)33/h2-17,27H,1H3. The van der Waals surface area contributed by atoms with Gasteiger partial charge in [0.1, 0.15) is 5.15 Å². The van der Waals surface area contributed by atoms with Gasteiger partial charge in [-0.1, -0.05) is 66.2 Å². The summed E-state index contributed by atoms with van der Waals surface area (Å²) in [5, 5.41) is 1.37. The summed E-state index contributed by atoms with van der Waals surface area (Å²) in [6.07, 6.45) is -0.966. The smallest absolute Gasteiger partial charge is 0.264 e. The van der Waals surface area contributed by atoms with E-state index in [1.165, 1.54) is 12.1 Å². The van der Waals surface area contributed by atoms with Crippen LogP contribution in [0, 0.1) is 6.92 Å². The van der Waals surface area contributed by atoms with Crippen LogP contribution >= 0.6 is 11.6 Å². The molecular formula is C29H20ClF3N2. The van der Waals surface area contributed by atoms with Crippen LogP contribution in [0.15, 0.2) is 97.3 Å². The number of alkyl halides is 3. The van der Waals surface area contributed by atoms with E-state index in [-0.39, 0.29) is 5.92 Å². The highest BCUT2D eigenvalue weighted by atomic mass is 35.5. The molecule has 0 bridgehead atoms. The van der Waals surface area contributed by atoms with Crippen molar-refractivity contribution < 1.29 is 13.2 Å². The normalized spacial score (nSPS) is 12.6. The van der Waals surface area contributed by atoms with Gasteiger partial charge in [0.05, 0.1) is 11.1 Å².